The summed E-state index contributed by atoms with van der Waals surface area (Å²) >= 11 is 6.54. The minimum Gasteiger partial charge on any atom is -0.444 e. The lowest BCUT2D eigenvalue weighted by Gasteiger charge is -2.32. The fourth-order valence-corrected chi connectivity index (χ4v) is 4.68. The molecular formula is C26H37BClN3O4. The van der Waals surface area contributed by atoms with E-state index in [0.29, 0.717) is 35.1 Å². The van der Waals surface area contributed by atoms with E-state index in [-0.39, 0.29) is 12.1 Å². The quantitative estimate of drug-likeness (QED) is 0.554. The molecule has 2 heterocycles. The molecule has 190 valence electrons. The van der Waals surface area contributed by atoms with Crippen molar-refractivity contribution in [2.75, 3.05) is 0 Å². The second-order valence-electron chi connectivity index (χ2n) is 11.9. The number of nitrogens with one attached hydrogen (secondary N) is 1. The Labute approximate surface area is 214 Å². The van der Waals surface area contributed by atoms with Crippen LogP contribution in [-0.4, -0.2) is 50.9 Å². The van der Waals surface area contributed by atoms with Gasteiger partial charge in [0.25, 0.3) is 0 Å². The van der Waals surface area contributed by atoms with Gasteiger partial charge in [0.05, 0.1) is 17.7 Å². The number of nitrogens with zero attached hydrogens (tertiary/aromatic N) is 2. The standard InChI is InChI=1S/C26H37BClN3O4/c1-15-16(2)21(15)31(23(32)33-24(3,4)5)14-19-29-20(22(28)30-19)17-10-12-18(13-11-17)27-34-25(6,7)26(8,9)35-27/h10-13,15-16,21H,14H2,1-9H3,(H,29,30). The second-order valence-corrected chi connectivity index (χ2v) is 12.3. The highest BCUT2D eigenvalue weighted by atomic mass is 35.5. The highest BCUT2D eigenvalue weighted by molar-refractivity contribution is 6.62. The summed E-state index contributed by atoms with van der Waals surface area (Å²) in [5.74, 6) is 1.45. The number of amides is 1. The summed E-state index contributed by atoms with van der Waals surface area (Å²) in [5.41, 5.74) is 1.09. The summed E-state index contributed by atoms with van der Waals surface area (Å²) in [6, 6.07) is 7.99. The molecule has 1 aromatic heterocycles. The molecule has 1 amide bonds. The lowest BCUT2D eigenvalue weighted by Crippen LogP contribution is -2.41. The van der Waals surface area contributed by atoms with Crippen molar-refractivity contribution < 1.29 is 18.8 Å². The van der Waals surface area contributed by atoms with Crippen LogP contribution in [0.15, 0.2) is 24.3 Å². The van der Waals surface area contributed by atoms with Crippen LogP contribution in [0.25, 0.3) is 11.3 Å². The van der Waals surface area contributed by atoms with E-state index >= 15 is 0 Å². The van der Waals surface area contributed by atoms with Crippen LogP contribution in [0.4, 0.5) is 4.79 Å². The molecule has 1 saturated heterocycles. The normalized spacial score (nSPS) is 25.0. The topological polar surface area (TPSA) is 76.7 Å². The lowest BCUT2D eigenvalue weighted by molar-refractivity contribution is 0.00578. The van der Waals surface area contributed by atoms with Crippen LogP contribution in [0.5, 0.6) is 0 Å². The summed E-state index contributed by atoms with van der Waals surface area (Å²) in [7, 11) is -0.427. The Balaban J connectivity index is 1.51. The number of imidazole rings is 1. The van der Waals surface area contributed by atoms with E-state index in [1.165, 1.54) is 0 Å². The number of aromatic amines is 1. The molecule has 1 aromatic carbocycles. The van der Waals surface area contributed by atoms with E-state index in [0.717, 1.165) is 11.0 Å². The molecule has 1 aliphatic carbocycles. The fraction of sp³-hybridized carbons (Fsp3) is 0.615. The SMILES string of the molecule is CC1C(C)C1N(Cc1nc(-c2ccc(B3OC(C)(C)C(C)(C)O3)cc2)c(Cl)[nH]1)C(=O)OC(C)(C)C. The lowest BCUT2D eigenvalue weighted by atomic mass is 9.79. The van der Waals surface area contributed by atoms with Gasteiger partial charge in [-0.05, 0) is 65.8 Å². The van der Waals surface area contributed by atoms with Gasteiger partial charge in [-0.25, -0.2) is 9.78 Å². The molecular weight excluding hydrogens is 465 g/mol. The zero-order valence-electron chi connectivity index (χ0n) is 22.2. The third-order valence-electron chi connectivity index (χ3n) is 7.49. The molecule has 35 heavy (non-hydrogen) atoms. The van der Waals surface area contributed by atoms with Crippen molar-refractivity contribution in [1.82, 2.24) is 14.9 Å². The Hall–Kier alpha value is -2.03. The number of H-pyrrole nitrogens is 1. The average Bonchev–Trinajstić information content (AvgIpc) is 3.04. The predicted molar refractivity (Wildman–Crippen MR) is 139 cm³/mol. The van der Waals surface area contributed by atoms with Gasteiger partial charge in [0, 0.05) is 11.6 Å². The van der Waals surface area contributed by atoms with Crippen LogP contribution >= 0.6 is 11.6 Å². The second kappa shape index (κ2) is 8.82. The van der Waals surface area contributed by atoms with E-state index in [4.69, 9.17) is 30.6 Å². The molecule has 9 heteroatoms. The molecule has 4 rings (SSSR count). The molecule has 2 aliphatic rings. The number of aromatic nitrogens is 2. The average molecular weight is 502 g/mol. The van der Waals surface area contributed by atoms with E-state index in [2.05, 4.69) is 18.8 Å². The van der Waals surface area contributed by atoms with Crippen molar-refractivity contribution in [3.05, 3.63) is 35.2 Å². The molecule has 0 bridgehead atoms. The third kappa shape index (κ3) is 5.25. The highest BCUT2D eigenvalue weighted by Crippen LogP contribution is 2.43. The highest BCUT2D eigenvalue weighted by Gasteiger charge is 2.52. The summed E-state index contributed by atoms with van der Waals surface area (Å²) in [5, 5.41) is 0.435. The first-order valence-corrected chi connectivity index (χ1v) is 12.7. The van der Waals surface area contributed by atoms with E-state index in [9.17, 15) is 4.79 Å². The van der Waals surface area contributed by atoms with Gasteiger partial charge in [-0.2, -0.15) is 0 Å². The van der Waals surface area contributed by atoms with E-state index in [1.54, 1.807) is 4.90 Å². The maximum Gasteiger partial charge on any atom is 0.494 e. The number of hydrogen-bond acceptors (Lipinski definition) is 5. The first-order chi connectivity index (χ1) is 16.1. The fourth-order valence-electron chi connectivity index (χ4n) is 4.42. The van der Waals surface area contributed by atoms with Gasteiger partial charge in [-0.3, -0.25) is 4.90 Å². The van der Waals surface area contributed by atoms with Gasteiger partial charge in [-0.1, -0.05) is 49.7 Å². The Morgan fingerprint density at radius 2 is 1.66 bits per heavy atom. The van der Waals surface area contributed by atoms with Gasteiger partial charge >= 0.3 is 13.2 Å². The van der Waals surface area contributed by atoms with Crippen molar-refractivity contribution in [1.29, 1.82) is 0 Å². The molecule has 2 aromatic rings. The molecule has 0 spiro atoms. The van der Waals surface area contributed by atoms with Crippen molar-refractivity contribution >= 4 is 30.3 Å². The third-order valence-corrected chi connectivity index (χ3v) is 7.77. The van der Waals surface area contributed by atoms with Crippen LogP contribution < -0.4 is 5.46 Å². The molecule has 0 radical (unpaired) electrons. The van der Waals surface area contributed by atoms with Crippen LogP contribution in [0.3, 0.4) is 0 Å². The molecule has 1 aliphatic heterocycles. The van der Waals surface area contributed by atoms with Crippen LogP contribution in [0.2, 0.25) is 5.15 Å². The predicted octanol–water partition coefficient (Wildman–Crippen LogP) is 5.42. The number of rotatable bonds is 5. The summed E-state index contributed by atoms with van der Waals surface area (Å²) in [4.78, 5) is 22.6. The number of ether oxygens (including phenoxy) is 1. The summed E-state index contributed by atoms with van der Waals surface area (Å²) in [6.07, 6.45) is -0.334. The van der Waals surface area contributed by atoms with Gasteiger partial charge < -0.3 is 19.0 Å². The van der Waals surface area contributed by atoms with Gasteiger partial charge in [0.2, 0.25) is 0 Å². The molecule has 2 fully saturated rings. The van der Waals surface area contributed by atoms with Crippen molar-refractivity contribution in [2.45, 2.75) is 91.7 Å². The molecule has 2 unspecified atom stereocenters. The molecule has 2 atom stereocenters. The maximum atomic E-state index is 13.0. The van der Waals surface area contributed by atoms with Crippen LogP contribution in [-0.2, 0) is 20.6 Å². The molecule has 1 saturated carbocycles. The maximum absolute atomic E-state index is 13.0. The van der Waals surface area contributed by atoms with E-state index in [1.807, 2.05) is 72.7 Å². The Bertz CT molecular complexity index is 1070. The summed E-state index contributed by atoms with van der Waals surface area (Å²) < 4.78 is 18.0. The number of halogens is 1. The summed E-state index contributed by atoms with van der Waals surface area (Å²) in [6.45, 7) is 18.4. The Kier molecular flexibility index (Phi) is 6.56. The first kappa shape index (κ1) is 26.0. The van der Waals surface area contributed by atoms with Crippen molar-refractivity contribution in [2.24, 2.45) is 11.8 Å². The number of benzene rings is 1. The van der Waals surface area contributed by atoms with Crippen molar-refractivity contribution in [3.8, 4) is 11.3 Å². The van der Waals surface area contributed by atoms with Gasteiger partial charge in [0.15, 0.2) is 0 Å². The molecule has 1 N–H and O–H groups in total. The van der Waals surface area contributed by atoms with Gasteiger partial charge in [0.1, 0.15) is 22.3 Å². The minimum atomic E-state index is -0.568. The smallest absolute Gasteiger partial charge is 0.444 e. The number of hydrogen-bond donors (Lipinski definition) is 1. The number of carbonyl (C=O) groups excluding carboxylic acids is 1. The zero-order valence-corrected chi connectivity index (χ0v) is 23.0. The monoisotopic (exact) mass is 501 g/mol. The Morgan fingerprint density at radius 1 is 1.11 bits per heavy atom. The molecule has 7 nitrogen and oxygen atoms in total. The largest absolute Gasteiger partial charge is 0.494 e. The first-order valence-electron chi connectivity index (χ1n) is 12.3. The van der Waals surface area contributed by atoms with Crippen LogP contribution in [0.1, 0.15) is 68.1 Å². The van der Waals surface area contributed by atoms with Crippen LogP contribution in [0, 0.1) is 11.8 Å². The zero-order chi connectivity index (χ0) is 25.9. The Morgan fingerprint density at radius 3 is 2.14 bits per heavy atom. The van der Waals surface area contributed by atoms with Crippen molar-refractivity contribution in [3.63, 3.8) is 0 Å². The van der Waals surface area contributed by atoms with E-state index < -0.39 is 23.9 Å². The van der Waals surface area contributed by atoms with Gasteiger partial charge in [-0.15, -0.1) is 0 Å². The number of carbonyl (C=O) groups is 1. The minimum absolute atomic E-state index is 0.122.